The number of carbonyl (C=O) groups is 1. The largest absolute Gasteiger partial charge is 0.481 e. The van der Waals surface area contributed by atoms with E-state index in [0.717, 1.165) is 29.2 Å². The Kier molecular flexibility index (Phi) is 4.26. The van der Waals surface area contributed by atoms with Crippen molar-refractivity contribution in [2.45, 2.75) is 18.1 Å². The van der Waals surface area contributed by atoms with E-state index < -0.39 is 5.97 Å². The molecular formula is C15H14N2O2S2. The van der Waals surface area contributed by atoms with E-state index in [0.29, 0.717) is 0 Å². The lowest BCUT2D eigenvalue weighted by atomic mass is 10.3. The molecule has 0 spiro atoms. The van der Waals surface area contributed by atoms with Gasteiger partial charge in [-0.15, -0.1) is 11.3 Å². The van der Waals surface area contributed by atoms with Gasteiger partial charge in [-0.05, 0) is 30.0 Å². The molecule has 2 aromatic heterocycles. The van der Waals surface area contributed by atoms with Crippen LogP contribution in [0.2, 0.25) is 0 Å². The fraction of sp³-hybridized carbons (Fsp3) is 0.200. The average Bonchev–Trinajstić information content (AvgIpc) is 3.10. The number of hydrogen-bond acceptors (Lipinski definition) is 4. The van der Waals surface area contributed by atoms with Gasteiger partial charge in [0.2, 0.25) is 0 Å². The number of aliphatic carboxylic acids is 1. The van der Waals surface area contributed by atoms with Crippen LogP contribution < -0.4 is 0 Å². The molecule has 3 rings (SSSR count). The number of rotatable bonds is 6. The zero-order chi connectivity index (χ0) is 14.7. The van der Waals surface area contributed by atoms with Crippen LogP contribution >= 0.6 is 23.1 Å². The number of para-hydroxylation sites is 2. The molecule has 0 aliphatic heterocycles. The van der Waals surface area contributed by atoms with E-state index in [2.05, 4.69) is 21.0 Å². The maximum atomic E-state index is 10.8. The van der Waals surface area contributed by atoms with Gasteiger partial charge in [0, 0.05) is 11.4 Å². The van der Waals surface area contributed by atoms with Crippen molar-refractivity contribution in [2.24, 2.45) is 0 Å². The van der Waals surface area contributed by atoms with E-state index in [1.54, 1.807) is 11.3 Å². The number of benzene rings is 1. The number of aryl methyl sites for hydroxylation is 2. The van der Waals surface area contributed by atoms with Crippen LogP contribution in [0.15, 0.2) is 46.9 Å². The second-order valence-electron chi connectivity index (χ2n) is 4.55. The lowest BCUT2D eigenvalue weighted by Crippen LogP contribution is -2.05. The lowest BCUT2D eigenvalue weighted by Gasteiger charge is -2.07. The summed E-state index contributed by atoms with van der Waals surface area (Å²) in [6, 6.07) is 12.1. The Morgan fingerprint density at radius 3 is 2.90 bits per heavy atom. The van der Waals surface area contributed by atoms with Gasteiger partial charge in [-0.3, -0.25) is 4.79 Å². The van der Waals surface area contributed by atoms with Crippen LogP contribution in [-0.4, -0.2) is 26.4 Å². The minimum Gasteiger partial charge on any atom is -0.481 e. The van der Waals surface area contributed by atoms with Gasteiger partial charge in [-0.25, -0.2) is 4.98 Å². The molecular weight excluding hydrogens is 304 g/mol. The second-order valence-corrected chi connectivity index (χ2v) is 6.52. The Hall–Kier alpha value is -1.79. The SMILES string of the molecule is O=C(O)CSc1nc2ccccc2n1CCc1cccs1. The molecule has 3 aromatic rings. The minimum absolute atomic E-state index is 0.0301. The standard InChI is InChI=1S/C15H14N2O2S2/c18-14(19)10-21-15-16-12-5-1-2-6-13(12)17(15)8-7-11-4-3-9-20-11/h1-6,9H,7-8,10H2,(H,18,19). The molecule has 21 heavy (non-hydrogen) atoms. The number of carboxylic acid groups (broad SMARTS) is 1. The zero-order valence-corrected chi connectivity index (χ0v) is 12.9. The molecule has 0 saturated carbocycles. The van der Waals surface area contributed by atoms with Crippen molar-refractivity contribution in [3.8, 4) is 0 Å². The summed E-state index contributed by atoms with van der Waals surface area (Å²) in [5.41, 5.74) is 1.97. The van der Waals surface area contributed by atoms with E-state index >= 15 is 0 Å². The van der Waals surface area contributed by atoms with E-state index in [1.807, 2.05) is 30.3 Å². The second kappa shape index (κ2) is 6.32. The summed E-state index contributed by atoms with van der Waals surface area (Å²) in [6.45, 7) is 0.809. The highest BCUT2D eigenvalue weighted by atomic mass is 32.2. The molecule has 0 amide bonds. The minimum atomic E-state index is -0.822. The van der Waals surface area contributed by atoms with Crippen molar-refractivity contribution in [1.29, 1.82) is 0 Å². The quantitative estimate of drug-likeness (QED) is 0.707. The van der Waals surface area contributed by atoms with Crippen molar-refractivity contribution in [3.05, 3.63) is 46.7 Å². The number of thioether (sulfide) groups is 1. The maximum absolute atomic E-state index is 10.8. The third-order valence-corrected chi connectivity index (χ3v) is 5.00. The molecule has 6 heteroatoms. The molecule has 0 radical (unpaired) electrons. The molecule has 0 aliphatic carbocycles. The van der Waals surface area contributed by atoms with Gasteiger partial charge in [-0.2, -0.15) is 0 Å². The summed E-state index contributed by atoms with van der Waals surface area (Å²) in [5.74, 6) is -0.792. The first kappa shape index (κ1) is 14.2. The summed E-state index contributed by atoms with van der Waals surface area (Å²) >= 11 is 3.01. The van der Waals surface area contributed by atoms with Gasteiger partial charge in [0.25, 0.3) is 0 Å². The Morgan fingerprint density at radius 2 is 2.14 bits per heavy atom. The predicted molar refractivity (Wildman–Crippen MR) is 86.1 cm³/mol. The number of carboxylic acids is 1. The average molecular weight is 318 g/mol. The summed E-state index contributed by atoms with van der Waals surface area (Å²) in [7, 11) is 0. The number of hydrogen-bond donors (Lipinski definition) is 1. The Bertz CT molecular complexity index is 750. The van der Waals surface area contributed by atoms with Crippen molar-refractivity contribution >= 4 is 40.1 Å². The Labute approximate surface area is 130 Å². The molecule has 0 atom stereocenters. The number of fused-ring (bicyclic) bond motifs is 1. The van der Waals surface area contributed by atoms with E-state index in [-0.39, 0.29) is 5.75 Å². The van der Waals surface area contributed by atoms with Gasteiger partial charge >= 0.3 is 5.97 Å². The third kappa shape index (κ3) is 3.28. The fourth-order valence-electron chi connectivity index (χ4n) is 2.18. The highest BCUT2D eigenvalue weighted by Crippen LogP contribution is 2.24. The van der Waals surface area contributed by atoms with E-state index in [4.69, 9.17) is 5.11 Å². The zero-order valence-electron chi connectivity index (χ0n) is 11.2. The molecule has 0 unspecified atom stereocenters. The smallest absolute Gasteiger partial charge is 0.313 e. The molecule has 108 valence electrons. The summed E-state index contributed by atoms with van der Waals surface area (Å²) in [6.07, 6.45) is 0.929. The van der Waals surface area contributed by atoms with Gasteiger partial charge in [-0.1, -0.05) is 30.0 Å². The molecule has 2 heterocycles. The number of aromatic nitrogens is 2. The third-order valence-electron chi connectivity index (χ3n) is 3.11. The predicted octanol–water partition coefficient (Wildman–Crippen LogP) is 3.52. The molecule has 1 aromatic carbocycles. The summed E-state index contributed by atoms with van der Waals surface area (Å²) < 4.78 is 2.11. The van der Waals surface area contributed by atoms with Crippen LogP contribution in [-0.2, 0) is 17.8 Å². The molecule has 0 fully saturated rings. The van der Waals surface area contributed by atoms with Crippen molar-refractivity contribution in [2.75, 3.05) is 5.75 Å². The first-order chi connectivity index (χ1) is 10.2. The Morgan fingerprint density at radius 1 is 1.29 bits per heavy atom. The van der Waals surface area contributed by atoms with E-state index in [9.17, 15) is 4.79 Å². The first-order valence-corrected chi connectivity index (χ1v) is 8.43. The first-order valence-electron chi connectivity index (χ1n) is 6.56. The topological polar surface area (TPSA) is 55.1 Å². The van der Waals surface area contributed by atoms with Crippen LogP contribution in [0.3, 0.4) is 0 Å². The highest BCUT2D eigenvalue weighted by Gasteiger charge is 2.12. The molecule has 0 aliphatic rings. The fourth-order valence-corrected chi connectivity index (χ4v) is 3.64. The maximum Gasteiger partial charge on any atom is 0.313 e. The van der Waals surface area contributed by atoms with Crippen LogP contribution in [0.5, 0.6) is 0 Å². The van der Waals surface area contributed by atoms with Crippen LogP contribution in [0, 0.1) is 0 Å². The van der Waals surface area contributed by atoms with Crippen LogP contribution in [0.25, 0.3) is 11.0 Å². The molecule has 0 saturated heterocycles. The van der Waals surface area contributed by atoms with Crippen LogP contribution in [0.1, 0.15) is 4.88 Å². The number of imidazole rings is 1. The Balaban J connectivity index is 1.89. The molecule has 4 nitrogen and oxygen atoms in total. The van der Waals surface area contributed by atoms with Crippen molar-refractivity contribution in [3.63, 3.8) is 0 Å². The van der Waals surface area contributed by atoms with Crippen LogP contribution in [0.4, 0.5) is 0 Å². The molecule has 0 bridgehead atoms. The van der Waals surface area contributed by atoms with Crippen molar-refractivity contribution in [1.82, 2.24) is 9.55 Å². The number of thiophene rings is 1. The summed E-state index contributed by atoms with van der Waals surface area (Å²) in [4.78, 5) is 16.7. The number of nitrogens with zero attached hydrogens (tertiary/aromatic N) is 2. The van der Waals surface area contributed by atoms with Gasteiger partial charge in [0.15, 0.2) is 5.16 Å². The lowest BCUT2D eigenvalue weighted by molar-refractivity contribution is -0.133. The monoisotopic (exact) mass is 318 g/mol. The van der Waals surface area contributed by atoms with Gasteiger partial charge < -0.3 is 9.67 Å². The van der Waals surface area contributed by atoms with E-state index in [1.165, 1.54) is 16.6 Å². The van der Waals surface area contributed by atoms with Gasteiger partial charge in [0.05, 0.1) is 16.8 Å². The summed E-state index contributed by atoms with van der Waals surface area (Å²) in [5, 5.41) is 11.7. The molecule has 1 N–H and O–H groups in total. The normalized spacial score (nSPS) is 11.0. The van der Waals surface area contributed by atoms with Crippen molar-refractivity contribution < 1.29 is 9.90 Å². The van der Waals surface area contributed by atoms with Gasteiger partial charge in [0.1, 0.15) is 0 Å². The highest BCUT2D eigenvalue weighted by molar-refractivity contribution is 7.99.